The molecule has 1 aromatic carbocycles. The van der Waals surface area contributed by atoms with Gasteiger partial charge < -0.3 is 15.0 Å². The smallest absolute Gasteiger partial charge is 0.123 e. The van der Waals surface area contributed by atoms with Crippen LogP contribution in [-0.4, -0.2) is 36.7 Å². The highest BCUT2D eigenvalue weighted by atomic mass is 16.5. The van der Waals surface area contributed by atoms with Crippen LogP contribution in [0.2, 0.25) is 0 Å². The molecule has 0 aromatic heterocycles. The fourth-order valence-electron chi connectivity index (χ4n) is 3.30. The lowest BCUT2D eigenvalue weighted by atomic mass is 9.99. The maximum absolute atomic E-state index is 6.33. The van der Waals surface area contributed by atoms with Crippen LogP contribution in [0.5, 0.6) is 5.75 Å². The third kappa shape index (κ3) is 2.99. The molecule has 0 atom stereocenters. The molecule has 20 heavy (non-hydrogen) atoms. The molecule has 2 aliphatic heterocycles. The lowest BCUT2D eigenvalue weighted by Crippen LogP contribution is -2.42. The number of rotatable bonds is 3. The van der Waals surface area contributed by atoms with E-state index in [2.05, 4.69) is 42.3 Å². The van der Waals surface area contributed by atoms with Crippen LogP contribution in [0.25, 0.3) is 0 Å². The highest BCUT2D eigenvalue weighted by Crippen LogP contribution is 2.28. The molecule has 3 rings (SSSR count). The first kappa shape index (κ1) is 13.9. The van der Waals surface area contributed by atoms with Crippen LogP contribution in [0.4, 0.5) is 0 Å². The molecule has 1 aromatic rings. The van der Waals surface area contributed by atoms with Crippen LogP contribution < -0.4 is 10.1 Å². The van der Waals surface area contributed by atoms with Gasteiger partial charge in [-0.15, -0.1) is 0 Å². The van der Waals surface area contributed by atoms with Gasteiger partial charge in [0.2, 0.25) is 0 Å². The normalized spacial score (nSPS) is 20.9. The lowest BCUT2D eigenvalue weighted by molar-refractivity contribution is 0.0835. The van der Waals surface area contributed by atoms with E-state index in [1.807, 2.05) is 0 Å². The molecular formula is C17H26N2O. The molecular weight excluding hydrogens is 248 g/mol. The zero-order valence-electron chi connectivity index (χ0n) is 12.7. The van der Waals surface area contributed by atoms with Crippen LogP contribution in [0.1, 0.15) is 37.8 Å². The largest absolute Gasteiger partial charge is 0.490 e. The number of benzene rings is 1. The van der Waals surface area contributed by atoms with E-state index in [0.29, 0.717) is 12.1 Å². The molecule has 0 bridgehead atoms. The maximum atomic E-state index is 6.33. The van der Waals surface area contributed by atoms with Gasteiger partial charge in [-0.25, -0.2) is 0 Å². The van der Waals surface area contributed by atoms with E-state index in [-0.39, 0.29) is 0 Å². The van der Waals surface area contributed by atoms with E-state index in [1.54, 1.807) is 0 Å². The van der Waals surface area contributed by atoms with Gasteiger partial charge in [0.1, 0.15) is 11.9 Å². The van der Waals surface area contributed by atoms with Crippen LogP contribution >= 0.6 is 0 Å². The second-order valence-corrected chi connectivity index (χ2v) is 6.27. The molecule has 110 valence electrons. The summed E-state index contributed by atoms with van der Waals surface area (Å²) in [6, 6.07) is 7.16. The monoisotopic (exact) mass is 274 g/mol. The quantitative estimate of drug-likeness (QED) is 0.917. The average molecular weight is 274 g/mol. The van der Waals surface area contributed by atoms with Gasteiger partial charge in [-0.3, -0.25) is 0 Å². The molecule has 1 saturated heterocycles. The van der Waals surface area contributed by atoms with Crippen molar-refractivity contribution < 1.29 is 4.74 Å². The molecule has 2 heterocycles. The predicted molar refractivity (Wildman–Crippen MR) is 82.2 cm³/mol. The van der Waals surface area contributed by atoms with Crippen LogP contribution in [0, 0.1) is 0 Å². The molecule has 0 amide bonds. The summed E-state index contributed by atoms with van der Waals surface area (Å²) >= 11 is 0. The van der Waals surface area contributed by atoms with Crippen molar-refractivity contribution in [2.45, 2.75) is 51.8 Å². The topological polar surface area (TPSA) is 24.5 Å². The van der Waals surface area contributed by atoms with Gasteiger partial charge in [0.25, 0.3) is 0 Å². The number of fused-ring (bicyclic) bond motifs is 1. The Labute approximate surface area is 122 Å². The van der Waals surface area contributed by atoms with E-state index < -0.39 is 0 Å². The van der Waals surface area contributed by atoms with E-state index in [4.69, 9.17) is 4.74 Å². The minimum absolute atomic E-state index is 0.395. The van der Waals surface area contributed by atoms with E-state index in [9.17, 15) is 0 Å². The Morgan fingerprint density at radius 1 is 1.25 bits per heavy atom. The third-order valence-corrected chi connectivity index (χ3v) is 4.60. The Morgan fingerprint density at radius 2 is 2.05 bits per heavy atom. The average Bonchev–Trinajstić information content (AvgIpc) is 2.48. The molecule has 0 unspecified atom stereocenters. The van der Waals surface area contributed by atoms with Gasteiger partial charge >= 0.3 is 0 Å². The number of nitrogens with zero attached hydrogens (tertiary/aromatic N) is 1. The second kappa shape index (κ2) is 6.15. The molecule has 1 fully saturated rings. The second-order valence-electron chi connectivity index (χ2n) is 6.27. The van der Waals surface area contributed by atoms with Gasteiger partial charge in [0, 0.05) is 25.7 Å². The Morgan fingerprint density at radius 3 is 2.80 bits per heavy atom. The molecule has 0 radical (unpaired) electrons. The number of hydrogen-bond donors (Lipinski definition) is 1. The number of hydrogen-bond acceptors (Lipinski definition) is 3. The Bertz CT molecular complexity index is 450. The number of likely N-dealkylation sites (tertiary alicyclic amines) is 1. The van der Waals surface area contributed by atoms with Gasteiger partial charge in [0.15, 0.2) is 0 Å². The summed E-state index contributed by atoms with van der Waals surface area (Å²) in [5.41, 5.74) is 2.84. The fraction of sp³-hybridized carbons (Fsp3) is 0.647. The Kier molecular flexibility index (Phi) is 4.27. The van der Waals surface area contributed by atoms with Crippen LogP contribution in [-0.2, 0) is 13.0 Å². The molecule has 3 heteroatoms. The summed E-state index contributed by atoms with van der Waals surface area (Å²) in [4.78, 5) is 2.55. The first-order valence-corrected chi connectivity index (χ1v) is 7.96. The van der Waals surface area contributed by atoms with Crippen molar-refractivity contribution in [2.75, 3.05) is 19.6 Å². The molecule has 0 aliphatic carbocycles. The Balaban J connectivity index is 1.64. The van der Waals surface area contributed by atoms with Crippen molar-refractivity contribution >= 4 is 0 Å². The van der Waals surface area contributed by atoms with Crippen molar-refractivity contribution in [1.29, 1.82) is 0 Å². The molecule has 0 saturated carbocycles. The molecule has 1 N–H and O–H groups in total. The molecule has 3 nitrogen and oxygen atoms in total. The van der Waals surface area contributed by atoms with Gasteiger partial charge in [-0.05, 0) is 56.8 Å². The third-order valence-electron chi connectivity index (χ3n) is 4.60. The summed E-state index contributed by atoms with van der Waals surface area (Å²) in [5, 5.41) is 3.43. The number of ether oxygens (including phenoxy) is 1. The van der Waals surface area contributed by atoms with Crippen molar-refractivity contribution in [3.05, 3.63) is 29.3 Å². The Hall–Kier alpha value is -1.06. The summed E-state index contributed by atoms with van der Waals surface area (Å²) < 4.78 is 6.33. The van der Waals surface area contributed by atoms with Crippen molar-refractivity contribution in [3.8, 4) is 5.75 Å². The summed E-state index contributed by atoms with van der Waals surface area (Å²) in [7, 11) is 0. The fourth-order valence-corrected chi connectivity index (χ4v) is 3.30. The van der Waals surface area contributed by atoms with E-state index >= 15 is 0 Å². The SMILES string of the molecule is CC(C)N1CCC(Oc2cccc3c2CCNC3)CC1. The van der Waals surface area contributed by atoms with E-state index in [1.165, 1.54) is 24.2 Å². The minimum Gasteiger partial charge on any atom is -0.490 e. The van der Waals surface area contributed by atoms with Crippen molar-refractivity contribution in [2.24, 2.45) is 0 Å². The zero-order valence-corrected chi connectivity index (χ0v) is 12.7. The van der Waals surface area contributed by atoms with Crippen LogP contribution in [0.15, 0.2) is 18.2 Å². The maximum Gasteiger partial charge on any atom is 0.123 e. The minimum atomic E-state index is 0.395. The summed E-state index contributed by atoms with van der Waals surface area (Å²) in [5.74, 6) is 1.13. The first-order chi connectivity index (χ1) is 9.74. The molecule has 0 spiro atoms. The lowest BCUT2D eigenvalue weighted by Gasteiger charge is -2.35. The first-order valence-electron chi connectivity index (χ1n) is 7.96. The zero-order chi connectivity index (χ0) is 13.9. The standard InChI is InChI=1S/C17H26N2O/c1-13(2)19-10-7-15(8-11-19)20-17-5-3-4-14-12-18-9-6-16(14)17/h3-5,13,15,18H,6-12H2,1-2H3. The van der Waals surface area contributed by atoms with Crippen LogP contribution in [0.3, 0.4) is 0 Å². The molecule has 2 aliphatic rings. The van der Waals surface area contributed by atoms with Gasteiger partial charge in [0.05, 0.1) is 0 Å². The van der Waals surface area contributed by atoms with Gasteiger partial charge in [-0.2, -0.15) is 0 Å². The van der Waals surface area contributed by atoms with Crippen molar-refractivity contribution in [3.63, 3.8) is 0 Å². The highest BCUT2D eigenvalue weighted by Gasteiger charge is 2.23. The van der Waals surface area contributed by atoms with Crippen molar-refractivity contribution in [1.82, 2.24) is 10.2 Å². The summed E-state index contributed by atoms with van der Waals surface area (Å²) in [6.45, 7) is 8.94. The highest BCUT2D eigenvalue weighted by molar-refractivity contribution is 5.41. The van der Waals surface area contributed by atoms with E-state index in [0.717, 1.165) is 38.1 Å². The van der Waals surface area contributed by atoms with Gasteiger partial charge in [-0.1, -0.05) is 12.1 Å². The summed E-state index contributed by atoms with van der Waals surface area (Å²) in [6.07, 6.45) is 3.79. The number of nitrogens with one attached hydrogen (secondary N) is 1. The number of piperidine rings is 1. The predicted octanol–water partition coefficient (Wildman–Crippen LogP) is 2.58.